The molecule has 1 aromatic carbocycles. The van der Waals surface area contributed by atoms with E-state index >= 15 is 0 Å². The molecule has 1 unspecified atom stereocenters. The van der Waals surface area contributed by atoms with Crippen molar-refractivity contribution in [3.8, 4) is 5.75 Å². The molecule has 5 heteroatoms. The van der Waals surface area contributed by atoms with Gasteiger partial charge in [0.25, 0.3) is 0 Å². The van der Waals surface area contributed by atoms with Crippen molar-refractivity contribution in [3.63, 3.8) is 0 Å². The molecule has 0 aliphatic carbocycles. The smallest absolute Gasteiger partial charge is 0.136 e. The average molecular weight is 300 g/mol. The van der Waals surface area contributed by atoms with Crippen molar-refractivity contribution in [2.75, 3.05) is 0 Å². The first-order chi connectivity index (χ1) is 9.72. The van der Waals surface area contributed by atoms with Crippen LogP contribution in [0.25, 0.3) is 0 Å². The monoisotopic (exact) mass is 300 g/mol. The summed E-state index contributed by atoms with van der Waals surface area (Å²) in [5.74, 6) is -0.476. The lowest BCUT2D eigenvalue weighted by atomic mass is 10.0. The molecule has 2 N–H and O–H groups in total. The molecular formula is C15H22FNO2S. The molecule has 1 rings (SSSR count). The topological polar surface area (TPSA) is 55.3 Å². The Hall–Kier alpha value is -1.04. The Labute approximate surface area is 124 Å². The van der Waals surface area contributed by atoms with E-state index in [2.05, 4.69) is 11.3 Å². The SMILES string of the molecule is [2H]CC(C)(C)[S+]([O-])N[C@H](C)c1cc(F)cc(CC=C)c1O. The van der Waals surface area contributed by atoms with E-state index < -0.39 is 28.0 Å². The summed E-state index contributed by atoms with van der Waals surface area (Å²) in [5, 5.41) is 10.2. The van der Waals surface area contributed by atoms with Gasteiger partial charge in [-0.15, -0.1) is 11.3 Å². The van der Waals surface area contributed by atoms with Crippen molar-refractivity contribution in [2.45, 2.75) is 44.9 Å². The highest BCUT2D eigenvalue weighted by Gasteiger charge is 2.29. The van der Waals surface area contributed by atoms with Gasteiger partial charge in [0.2, 0.25) is 0 Å². The fraction of sp³-hybridized carbons (Fsp3) is 0.467. The Morgan fingerprint density at radius 3 is 2.85 bits per heavy atom. The summed E-state index contributed by atoms with van der Waals surface area (Å²) in [4.78, 5) is 0. The average Bonchev–Trinajstić information content (AvgIpc) is 2.42. The predicted molar refractivity (Wildman–Crippen MR) is 81.4 cm³/mol. The molecule has 0 aliphatic heterocycles. The molecule has 0 saturated heterocycles. The molecule has 0 radical (unpaired) electrons. The molecule has 0 spiro atoms. The van der Waals surface area contributed by atoms with E-state index in [0.717, 1.165) is 0 Å². The van der Waals surface area contributed by atoms with Crippen LogP contribution in [0.4, 0.5) is 4.39 Å². The second-order valence-corrected chi connectivity index (χ2v) is 7.24. The molecular weight excluding hydrogens is 277 g/mol. The molecule has 0 heterocycles. The minimum Gasteiger partial charge on any atom is -0.598 e. The molecule has 1 aromatic rings. The summed E-state index contributed by atoms with van der Waals surface area (Å²) in [6.07, 6.45) is 1.93. The summed E-state index contributed by atoms with van der Waals surface area (Å²) in [6.45, 7) is 8.69. The van der Waals surface area contributed by atoms with Crippen molar-refractivity contribution >= 4 is 11.4 Å². The van der Waals surface area contributed by atoms with E-state index in [4.69, 9.17) is 1.37 Å². The Kier molecular flexibility index (Phi) is 5.07. The van der Waals surface area contributed by atoms with Gasteiger partial charge < -0.3 is 9.66 Å². The molecule has 20 heavy (non-hydrogen) atoms. The van der Waals surface area contributed by atoms with E-state index in [1.165, 1.54) is 12.1 Å². The van der Waals surface area contributed by atoms with E-state index in [1.54, 1.807) is 26.8 Å². The molecule has 2 atom stereocenters. The third-order valence-corrected chi connectivity index (χ3v) is 4.37. The highest BCUT2D eigenvalue weighted by atomic mass is 32.2. The van der Waals surface area contributed by atoms with Crippen LogP contribution in [0.15, 0.2) is 24.8 Å². The summed E-state index contributed by atoms with van der Waals surface area (Å²) in [6, 6.07) is 1.98. The normalized spacial score (nSPS) is 15.6. The zero-order valence-electron chi connectivity index (χ0n) is 13.1. The van der Waals surface area contributed by atoms with Gasteiger partial charge in [-0.1, -0.05) is 6.08 Å². The highest BCUT2D eigenvalue weighted by Crippen LogP contribution is 2.31. The van der Waals surface area contributed by atoms with E-state index in [-0.39, 0.29) is 12.6 Å². The van der Waals surface area contributed by atoms with Crippen molar-refractivity contribution in [1.29, 1.82) is 0 Å². The lowest BCUT2D eigenvalue weighted by Crippen LogP contribution is -2.40. The number of nitrogens with one attached hydrogen (secondary N) is 1. The van der Waals surface area contributed by atoms with Crippen molar-refractivity contribution in [1.82, 2.24) is 4.72 Å². The Balaban J connectivity index is 3.02. The van der Waals surface area contributed by atoms with E-state index in [1.807, 2.05) is 0 Å². The number of hydrogen-bond donors (Lipinski definition) is 2. The van der Waals surface area contributed by atoms with Crippen LogP contribution in [0.1, 0.15) is 46.2 Å². The number of allylic oxidation sites excluding steroid dienone is 1. The van der Waals surface area contributed by atoms with Gasteiger partial charge in [-0.3, -0.25) is 0 Å². The first kappa shape index (κ1) is 15.4. The second kappa shape index (κ2) is 6.61. The van der Waals surface area contributed by atoms with Crippen LogP contribution in [0, 0.1) is 5.82 Å². The van der Waals surface area contributed by atoms with Crippen LogP contribution in [0.2, 0.25) is 0 Å². The van der Waals surface area contributed by atoms with Crippen molar-refractivity contribution < 1.29 is 15.4 Å². The fourth-order valence-corrected chi connectivity index (χ4v) is 2.47. The van der Waals surface area contributed by atoms with Gasteiger partial charge in [0.1, 0.15) is 16.3 Å². The summed E-state index contributed by atoms with van der Waals surface area (Å²) >= 11 is -1.48. The maximum absolute atomic E-state index is 13.6. The number of phenols is 1. The van der Waals surface area contributed by atoms with Crippen LogP contribution in [-0.2, 0) is 17.8 Å². The van der Waals surface area contributed by atoms with Gasteiger partial charge in [0, 0.05) is 23.9 Å². The maximum Gasteiger partial charge on any atom is 0.136 e. The van der Waals surface area contributed by atoms with Crippen LogP contribution in [0.3, 0.4) is 0 Å². The predicted octanol–water partition coefficient (Wildman–Crippen LogP) is 3.37. The summed E-state index contributed by atoms with van der Waals surface area (Å²) < 4.78 is 35.3. The van der Waals surface area contributed by atoms with E-state index in [9.17, 15) is 14.0 Å². The molecule has 0 bridgehead atoms. The standard InChI is InChI=1S/C15H22FNO2S/c1-6-7-11-8-12(16)9-13(14(11)18)10(2)17-20(19)15(3,4)5/h6,8-10,17-18H,1,7H2,2-5H3/t10-,20?/m1/s1/i3D. The molecule has 0 fully saturated rings. The third kappa shape index (κ3) is 4.23. The Morgan fingerprint density at radius 1 is 1.65 bits per heavy atom. The minimum atomic E-state index is -1.48. The molecule has 3 nitrogen and oxygen atoms in total. The van der Waals surface area contributed by atoms with Crippen LogP contribution in [0.5, 0.6) is 5.75 Å². The molecule has 0 amide bonds. The molecule has 0 saturated carbocycles. The number of aromatic hydroxyl groups is 1. The zero-order valence-corrected chi connectivity index (χ0v) is 12.9. The Bertz CT molecular complexity index is 511. The number of benzene rings is 1. The van der Waals surface area contributed by atoms with Gasteiger partial charge in [-0.2, -0.15) is 0 Å². The van der Waals surface area contributed by atoms with Gasteiger partial charge in [0.15, 0.2) is 0 Å². The van der Waals surface area contributed by atoms with Crippen molar-refractivity contribution in [2.24, 2.45) is 0 Å². The van der Waals surface area contributed by atoms with Crippen LogP contribution >= 0.6 is 0 Å². The molecule has 0 aromatic heterocycles. The molecule has 112 valence electrons. The highest BCUT2D eigenvalue weighted by molar-refractivity contribution is 7.90. The number of halogens is 1. The zero-order chi connectivity index (χ0) is 16.2. The third-order valence-electron chi connectivity index (χ3n) is 2.80. The number of phenolic OH excluding ortho intramolecular Hbond substituents is 1. The lowest BCUT2D eigenvalue weighted by Gasteiger charge is -2.27. The maximum atomic E-state index is 13.6. The summed E-state index contributed by atoms with van der Waals surface area (Å²) in [7, 11) is 0. The molecule has 0 aliphatic rings. The number of hydrogen-bond acceptors (Lipinski definition) is 3. The van der Waals surface area contributed by atoms with Gasteiger partial charge >= 0.3 is 0 Å². The van der Waals surface area contributed by atoms with Crippen molar-refractivity contribution in [3.05, 3.63) is 41.7 Å². The summed E-state index contributed by atoms with van der Waals surface area (Å²) in [5.41, 5.74) is 0.792. The lowest BCUT2D eigenvalue weighted by molar-refractivity contribution is 0.450. The first-order valence-electron chi connectivity index (χ1n) is 7.03. The van der Waals surface area contributed by atoms with Crippen LogP contribution in [-0.4, -0.2) is 14.4 Å². The largest absolute Gasteiger partial charge is 0.598 e. The van der Waals surface area contributed by atoms with Crippen LogP contribution < -0.4 is 4.72 Å². The van der Waals surface area contributed by atoms with E-state index in [0.29, 0.717) is 17.5 Å². The first-order valence-corrected chi connectivity index (χ1v) is 7.47. The quantitative estimate of drug-likeness (QED) is 0.647. The fourth-order valence-electron chi connectivity index (χ4n) is 1.70. The minimum absolute atomic E-state index is 0.00379. The van der Waals surface area contributed by atoms with Gasteiger partial charge in [-0.25, -0.2) is 4.39 Å². The van der Waals surface area contributed by atoms with Gasteiger partial charge in [-0.05, 0) is 46.2 Å². The second-order valence-electron chi connectivity index (χ2n) is 5.36. The Morgan fingerprint density at radius 2 is 2.30 bits per heavy atom. The number of rotatable bonds is 5. The van der Waals surface area contributed by atoms with Gasteiger partial charge in [0.05, 0.1) is 6.04 Å².